The van der Waals surface area contributed by atoms with Crippen molar-refractivity contribution in [2.45, 2.75) is 44.7 Å². The highest BCUT2D eigenvalue weighted by molar-refractivity contribution is 7.13. The number of alkyl halides is 1. The molecular formula is C20H26FN3OS. The van der Waals surface area contributed by atoms with Gasteiger partial charge in [0.1, 0.15) is 10.7 Å². The molecule has 0 bridgehead atoms. The number of carbonyl (C=O) groups excluding carboxylic acids is 1. The highest BCUT2D eigenvalue weighted by Crippen LogP contribution is 2.28. The van der Waals surface area contributed by atoms with Crippen molar-refractivity contribution in [3.05, 3.63) is 40.9 Å². The van der Waals surface area contributed by atoms with E-state index in [0.29, 0.717) is 31.8 Å². The minimum atomic E-state index is -1.31. The van der Waals surface area contributed by atoms with Crippen LogP contribution < -0.4 is 5.73 Å². The van der Waals surface area contributed by atoms with Crippen molar-refractivity contribution >= 4 is 17.2 Å². The summed E-state index contributed by atoms with van der Waals surface area (Å²) in [6.07, 6.45) is 0.905. The fourth-order valence-electron chi connectivity index (χ4n) is 3.16. The average Bonchev–Trinajstić information content (AvgIpc) is 3.11. The maximum absolute atomic E-state index is 14.2. The summed E-state index contributed by atoms with van der Waals surface area (Å²) in [6.45, 7) is 5.23. The number of aromatic nitrogens is 1. The first-order valence-electron chi connectivity index (χ1n) is 9.12. The predicted octanol–water partition coefficient (Wildman–Crippen LogP) is 3.77. The first-order valence-corrected chi connectivity index (χ1v) is 10.00. The van der Waals surface area contributed by atoms with Gasteiger partial charge >= 0.3 is 0 Å². The van der Waals surface area contributed by atoms with Gasteiger partial charge in [-0.25, -0.2) is 9.37 Å². The number of halogens is 1. The highest BCUT2D eigenvalue weighted by atomic mass is 32.1. The molecule has 1 saturated heterocycles. The predicted molar refractivity (Wildman–Crippen MR) is 104 cm³/mol. The lowest BCUT2D eigenvalue weighted by molar-refractivity contribution is -0.133. The molecule has 2 N–H and O–H groups in total. The Bertz CT molecular complexity index is 749. The van der Waals surface area contributed by atoms with Crippen LogP contribution in [0, 0.1) is 0 Å². The fourth-order valence-corrected chi connectivity index (χ4v) is 3.98. The van der Waals surface area contributed by atoms with Crippen LogP contribution >= 0.6 is 11.3 Å². The van der Waals surface area contributed by atoms with Gasteiger partial charge in [0.15, 0.2) is 0 Å². The second kappa shape index (κ2) is 7.84. The summed E-state index contributed by atoms with van der Waals surface area (Å²) < 4.78 is 14.2. The zero-order valence-electron chi connectivity index (χ0n) is 15.4. The second-order valence-electron chi connectivity index (χ2n) is 7.33. The second-order valence-corrected chi connectivity index (χ2v) is 8.19. The van der Waals surface area contributed by atoms with Crippen molar-refractivity contribution in [1.82, 2.24) is 9.88 Å². The number of carbonyl (C=O) groups is 1. The SMILES string of the molecule is CC(C)c1ccc(-c2nc(CC(=O)N3CCC(F)(CN)CC3)cs2)cc1. The molecule has 1 aliphatic rings. The van der Waals surface area contributed by atoms with Crippen LogP contribution in [0.15, 0.2) is 29.6 Å². The van der Waals surface area contributed by atoms with Crippen molar-refractivity contribution in [1.29, 1.82) is 0 Å². The van der Waals surface area contributed by atoms with Gasteiger partial charge in [-0.3, -0.25) is 4.79 Å². The fraction of sp³-hybridized carbons (Fsp3) is 0.500. The topological polar surface area (TPSA) is 59.2 Å². The molecule has 4 nitrogen and oxygen atoms in total. The van der Waals surface area contributed by atoms with Gasteiger partial charge in [-0.1, -0.05) is 38.1 Å². The van der Waals surface area contributed by atoms with Crippen LogP contribution in [0.3, 0.4) is 0 Å². The van der Waals surface area contributed by atoms with Gasteiger partial charge in [0.2, 0.25) is 5.91 Å². The number of rotatable bonds is 5. The van der Waals surface area contributed by atoms with E-state index in [4.69, 9.17) is 5.73 Å². The van der Waals surface area contributed by atoms with Crippen molar-refractivity contribution in [3.8, 4) is 10.6 Å². The van der Waals surface area contributed by atoms with Crippen molar-refractivity contribution in [2.75, 3.05) is 19.6 Å². The zero-order chi connectivity index (χ0) is 18.7. The minimum absolute atomic E-state index is 0.0103. The number of piperidine rings is 1. The highest BCUT2D eigenvalue weighted by Gasteiger charge is 2.34. The van der Waals surface area contributed by atoms with E-state index in [2.05, 4.69) is 43.1 Å². The summed E-state index contributed by atoms with van der Waals surface area (Å²) in [5, 5.41) is 2.86. The normalized spacial score (nSPS) is 16.9. The molecule has 2 heterocycles. The van der Waals surface area contributed by atoms with Crippen LogP contribution in [-0.2, 0) is 11.2 Å². The van der Waals surface area contributed by atoms with Crippen LogP contribution in [0.2, 0.25) is 0 Å². The van der Waals surface area contributed by atoms with Gasteiger partial charge in [0.25, 0.3) is 0 Å². The number of thiazole rings is 1. The zero-order valence-corrected chi connectivity index (χ0v) is 16.2. The van der Waals surface area contributed by atoms with Gasteiger partial charge in [-0.05, 0) is 11.5 Å². The summed E-state index contributed by atoms with van der Waals surface area (Å²) in [5.41, 5.74) is 7.31. The molecule has 0 saturated carbocycles. The van der Waals surface area contributed by atoms with Gasteiger partial charge in [0, 0.05) is 43.4 Å². The molecule has 2 aromatic rings. The van der Waals surface area contributed by atoms with Crippen LogP contribution in [0.1, 0.15) is 43.9 Å². The van der Waals surface area contributed by atoms with Crippen molar-refractivity contribution in [3.63, 3.8) is 0 Å². The largest absolute Gasteiger partial charge is 0.342 e. The third-order valence-electron chi connectivity index (χ3n) is 5.09. The molecule has 3 rings (SSSR count). The Morgan fingerprint density at radius 2 is 1.96 bits per heavy atom. The number of nitrogens with two attached hydrogens (primary N) is 1. The number of hydrogen-bond donors (Lipinski definition) is 1. The van der Waals surface area contributed by atoms with Crippen LogP contribution in [0.25, 0.3) is 10.6 Å². The molecule has 0 atom stereocenters. The first-order chi connectivity index (χ1) is 12.4. The van der Waals surface area contributed by atoms with Crippen LogP contribution in [-0.4, -0.2) is 41.1 Å². The number of likely N-dealkylation sites (tertiary alicyclic amines) is 1. The van der Waals surface area contributed by atoms with Crippen LogP contribution in [0.5, 0.6) is 0 Å². The summed E-state index contributed by atoms with van der Waals surface area (Å²) in [4.78, 5) is 18.8. The maximum Gasteiger partial charge on any atom is 0.228 e. The standard InChI is InChI=1S/C20H26FN3OS/c1-14(2)15-3-5-16(6-4-15)19-23-17(12-26-19)11-18(25)24-9-7-20(21,13-22)8-10-24/h3-6,12,14H,7-11,13,22H2,1-2H3. The van der Waals surface area contributed by atoms with E-state index in [9.17, 15) is 9.18 Å². The molecule has 1 aromatic carbocycles. The lowest BCUT2D eigenvalue weighted by Gasteiger charge is -2.35. The Morgan fingerprint density at radius 3 is 2.54 bits per heavy atom. The third-order valence-corrected chi connectivity index (χ3v) is 6.03. The smallest absolute Gasteiger partial charge is 0.228 e. The van der Waals surface area contributed by atoms with E-state index in [1.54, 1.807) is 16.2 Å². The quantitative estimate of drug-likeness (QED) is 0.865. The third kappa shape index (κ3) is 4.30. The van der Waals surface area contributed by atoms with Gasteiger partial charge in [-0.2, -0.15) is 0 Å². The molecule has 1 amide bonds. The Morgan fingerprint density at radius 1 is 1.31 bits per heavy atom. The Hall–Kier alpha value is -1.79. The summed E-state index contributed by atoms with van der Waals surface area (Å²) in [7, 11) is 0. The Balaban J connectivity index is 1.61. The van der Waals surface area contributed by atoms with E-state index < -0.39 is 5.67 Å². The molecule has 0 spiro atoms. The number of nitrogens with zero attached hydrogens (tertiary/aromatic N) is 2. The van der Waals surface area contributed by atoms with Gasteiger partial charge in [-0.15, -0.1) is 11.3 Å². The summed E-state index contributed by atoms with van der Waals surface area (Å²) in [5.74, 6) is 0.511. The van der Waals surface area contributed by atoms with E-state index >= 15 is 0 Å². The van der Waals surface area contributed by atoms with Crippen molar-refractivity contribution in [2.24, 2.45) is 5.73 Å². The Labute approximate surface area is 158 Å². The molecular weight excluding hydrogens is 349 g/mol. The monoisotopic (exact) mass is 375 g/mol. The molecule has 1 aromatic heterocycles. The Kier molecular flexibility index (Phi) is 5.73. The first kappa shape index (κ1) is 19.0. The molecule has 0 aliphatic carbocycles. The molecule has 6 heteroatoms. The average molecular weight is 376 g/mol. The number of amides is 1. The molecule has 0 radical (unpaired) electrons. The lowest BCUT2D eigenvalue weighted by atomic mass is 9.93. The summed E-state index contributed by atoms with van der Waals surface area (Å²) >= 11 is 1.55. The van der Waals surface area contributed by atoms with E-state index in [0.717, 1.165) is 16.3 Å². The molecule has 26 heavy (non-hydrogen) atoms. The molecule has 0 unspecified atom stereocenters. The van der Waals surface area contributed by atoms with Crippen LogP contribution in [0.4, 0.5) is 4.39 Å². The maximum atomic E-state index is 14.2. The van der Waals surface area contributed by atoms with E-state index in [-0.39, 0.29) is 18.9 Å². The van der Waals surface area contributed by atoms with Gasteiger partial charge < -0.3 is 10.6 Å². The molecule has 140 valence electrons. The number of benzene rings is 1. The minimum Gasteiger partial charge on any atom is -0.342 e. The summed E-state index contributed by atoms with van der Waals surface area (Å²) in [6, 6.07) is 8.41. The van der Waals surface area contributed by atoms with Gasteiger partial charge in [0.05, 0.1) is 12.1 Å². The molecule has 1 aliphatic heterocycles. The number of hydrogen-bond acceptors (Lipinski definition) is 4. The molecule has 1 fully saturated rings. The van der Waals surface area contributed by atoms with Crippen molar-refractivity contribution < 1.29 is 9.18 Å². The lowest BCUT2D eigenvalue weighted by Crippen LogP contribution is -2.48. The van der Waals surface area contributed by atoms with E-state index in [1.807, 2.05) is 5.38 Å². The van der Waals surface area contributed by atoms with E-state index in [1.165, 1.54) is 5.56 Å².